The maximum atomic E-state index is 12.2. The molecule has 106 valence electrons. The highest BCUT2D eigenvalue weighted by atomic mass is 16.6. The van der Waals surface area contributed by atoms with E-state index in [4.69, 9.17) is 10.5 Å². The molecule has 1 aliphatic rings. The molecule has 0 atom stereocenters. The molecule has 0 radical (unpaired) electrons. The smallest absolute Gasteiger partial charge is 0.410 e. The van der Waals surface area contributed by atoms with Crippen LogP contribution in [0.1, 0.15) is 60.8 Å². The van der Waals surface area contributed by atoms with Crippen LogP contribution in [-0.2, 0) is 4.74 Å². The molecule has 0 aromatic heterocycles. The van der Waals surface area contributed by atoms with Gasteiger partial charge in [0.05, 0.1) is 0 Å². The first kappa shape index (κ1) is 15.3. The summed E-state index contributed by atoms with van der Waals surface area (Å²) in [6, 6.07) is 0. The third-order valence-corrected chi connectivity index (χ3v) is 3.15. The summed E-state index contributed by atoms with van der Waals surface area (Å²) in [5.74, 6) is 0. The van der Waals surface area contributed by atoms with Crippen molar-refractivity contribution in [3.63, 3.8) is 0 Å². The fourth-order valence-electron chi connectivity index (χ4n) is 1.76. The molecule has 1 fully saturated rings. The third-order valence-electron chi connectivity index (χ3n) is 3.15. The molecule has 18 heavy (non-hydrogen) atoms. The normalized spacial score (nSPS) is 18.4. The Kier molecular flexibility index (Phi) is 4.01. The lowest BCUT2D eigenvalue weighted by atomic mass is 10.0. The third kappa shape index (κ3) is 4.84. The van der Waals surface area contributed by atoms with Crippen molar-refractivity contribution in [2.75, 3.05) is 6.54 Å². The van der Waals surface area contributed by atoms with E-state index in [0.717, 1.165) is 19.3 Å². The van der Waals surface area contributed by atoms with Gasteiger partial charge in [-0.25, -0.2) is 4.79 Å². The number of carbonyl (C=O) groups excluding carboxylic acids is 1. The SMILES string of the molecule is CC(C)(C)OC(=O)N(CCC1(N)CC1)C(C)(C)C. The molecular formula is C14H28N2O2. The molecule has 1 aliphatic carbocycles. The molecule has 0 heterocycles. The van der Waals surface area contributed by atoms with Gasteiger partial charge in [0.1, 0.15) is 5.60 Å². The quantitative estimate of drug-likeness (QED) is 0.844. The summed E-state index contributed by atoms with van der Waals surface area (Å²) < 4.78 is 5.46. The van der Waals surface area contributed by atoms with Gasteiger partial charge in [-0.2, -0.15) is 0 Å². The Balaban J connectivity index is 2.63. The Bertz CT molecular complexity index is 309. The molecule has 4 heteroatoms. The number of nitrogens with zero attached hydrogens (tertiary/aromatic N) is 1. The van der Waals surface area contributed by atoms with Gasteiger partial charge in [0, 0.05) is 17.6 Å². The van der Waals surface area contributed by atoms with Crippen LogP contribution in [-0.4, -0.2) is 34.2 Å². The molecule has 4 nitrogen and oxygen atoms in total. The minimum atomic E-state index is -0.458. The van der Waals surface area contributed by atoms with Gasteiger partial charge >= 0.3 is 6.09 Å². The van der Waals surface area contributed by atoms with Crippen LogP contribution in [0.5, 0.6) is 0 Å². The topological polar surface area (TPSA) is 55.6 Å². The first-order valence-corrected chi connectivity index (χ1v) is 6.73. The summed E-state index contributed by atoms with van der Waals surface area (Å²) in [6.45, 7) is 12.4. The van der Waals surface area contributed by atoms with Crippen LogP contribution >= 0.6 is 0 Å². The Morgan fingerprint density at radius 1 is 1.22 bits per heavy atom. The van der Waals surface area contributed by atoms with Crippen molar-refractivity contribution in [2.45, 2.75) is 77.5 Å². The molecule has 1 rings (SSSR count). The molecule has 1 saturated carbocycles. The van der Waals surface area contributed by atoms with E-state index in [1.54, 1.807) is 4.90 Å². The van der Waals surface area contributed by atoms with Gasteiger partial charge in [0.2, 0.25) is 0 Å². The summed E-state index contributed by atoms with van der Waals surface area (Å²) >= 11 is 0. The van der Waals surface area contributed by atoms with Gasteiger partial charge in [-0.3, -0.25) is 0 Å². The Hall–Kier alpha value is -0.770. The Labute approximate surface area is 111 Å². The number of carbonyl (C=O) groups is 1. The minimum absolute atomic E-state index is 0.0362. The van der Waals surface area contributed by atoms with E-state index < -0.39 is 5.60 Å². The predicted molar refractivity (Wildman–Crippen MR) is 73.5 cm³/mol. The van der Waals surface area contributed by atoms with E-state index >= 15 is 0 Å². The van der Waals surface area contributed by atoms with Crippen LogP contribution in [0.2, 0.25) is 0 Å². The molecule has 0 aromatic rings. The van der Waals surface area contributed by atoms with Crippen molar-refractivity contribution < 1.29 is 9.53 Å². The van der Waals surface area contributed by atoms with Crippen LogP contribution in [0.3, 0.4) is 0 Å². The molecule has 0 saturated heterocycles. The number of hydrogen-bond acceptors (Lipinski definition) is 3. The minimum Gasteiger partial charge on any atom is -0.444 e. The highest BCUT2D eigenvalue weighted by molar-refractivity contribution is 5.69. The van der Waals surface area contributed by atoms with E-state index in [0.29, 0.717) is 6.54 Å². The monoisotopic (exact) mass is 256 g/mol. The van der Waals surface area contributed by atoms with Gasteiger partial charge in [-0.15, -0.1) is 0 Å². The highest BCUT2D eigenvalue weighted by Crippen LogP contribution is 2.36. The lowest BCUT2D eigenvalue weighted by Crippen LogP contribution is -2.49. The van der Waals surface area contributed by atoms with E-state index in [2.05, 4.69) is 0 Å². The highest BCUT2D eigenvalue weighted by Gasteiger charge is 2.40. The molecule has 0 bridgehead atoms. The Morgan fingerprint density at radius 2 is 1.72 bits per heavy atom. The van der Waals surface area contributed by atoms with Gasteiger partial charge < -0.3 is 15.4 Å². The van der Waals surface area contributed by atoms with E-state index in [9.17, 15) is 4.79 Å². The predicted octanol–water partition coefficient (Wildman–Crippen LogP) is 2.90. The van der Waals surface area contributed by atoms with Crippen molar-refractivity contribution in [1.82, 2.24) is 4.90 Å². The van der Waals surface area contributed by atoms with Gasteiger partial charge in [-0.05, 0) is 60.8 Å². The number of hydrogen-bond donors (Lipinski definition) is 1. The van der Waals surface area contributed by atoms with Crippen LogP contribution in [0.4, 0.5) is 4.79 Å². The van der Waals surface area contributed by atoms with Crippen molar-refractivity contribution in [3.05, 3.63) is 0 Å². The number of amides is 1. The average molecular weight is 256 g/mol. The Morgan fingerprint density at radius 3 is 2.06 bits per heavy atom. The second-order valence-corrected chi connectivity index (χ2v) is 7.42. The fourth-order valence-corrected chi connectivity index (χ4v) is 1.76. The summed E-state index contributed by atoms with van der Waals surface area (Å²) in [5.41, 5.74) is 5.35. The molecule has 2 N–H and O–H groups in total. The first-order chi connectivity index (χ1) is 7.93. The molecule has 0 aliphatic heterocycles. The molecule has 0 aromatic carbocycles. The van der Waals surface area contributed by atoms with Crippen LogP contribution in [0, 0.1) is 0 Å². The van der Waals surface area contributed by atoms with Crippen molar-refractivity contribution >= 4 is 6.09 Å². The first-order valence-electron chi connectivity index (χ1n) is 6.73. The van der Waals surface area contributed by atoms with Crippen LogP contribution in [0.15, 0.2) is 0 Å². The molecular weight excluding hydrogens is 228 g/mol. The average Bonchev–Trinajstić information content (AvgIpc) is 2.78. The maximum absolute atomic E-state index is 12.2. The zero-order valence-corrected chi connectivity index (χ0v) is 12.7. The van der Waals surface area contributed by atoms with Gasteiger partial charge in [0.25, 0.3) is 0 Å². The van der Waals surface area contributed by atoms with Crippen molar-refractivity contribution in [1.29, 1.82) is 0 Å². The standard InChI is InChI=1S/C14H28N2O2/c1-12(2,3)16(10-9-14(15)7-8-14)11(17)18-13(4,5)6/h7-10,15H2,1-6H3. The van der Waals surface area contributed by atoms with Crippen LogP contribution in [0.25, 0.3) is 0 Å². The number of rotatable bonds is 3. The fraction of sp³-hybridized carbons (Fsp3) is 0.929. The van der Waals surface area contributed by atoms with Crippen LogP contribution < -0.4 is 5.73 Å². The summed E-state index contributed by atoms with van der Waals surface area (Å²) in [7, 11) is 0. The summed E-state index contributed by atoms with van der Waals surface area (Å²) in [4.78, 5) is 14.0. The van der Waals surface area contributed by atoms with E-state index in [1.165, 1.54) is 0 Å². The summed E-state index contributed by atoms with van der Waals surface area (Å²) in [5, 5.41) is 0. The second kappa shape index (κ2) is 4.72. The van der Waals surface area contributed by atoms with Gasteiger partial charge in [-0.1, -0.05) is 0 Å². The molecule has 0 spiro atoms. The molecule has 0 unspecified atom stereocenters. The van der Waals surface area contributed by atoms with E-state index in [1.807, 2.05) is 41.5 Å². The lowest BCUT2D eigenvalue weighted by Gasteiger charge is -2.37. The number of nitrogens with two attached hydrogens (primary N) is 1. The summed E-state index contributed by atoms with van der Waals surface area (Å²) in [6.07, 6.45) is 2.74. The second-order valence-electron chi connectivity index (χ2n) is 7.42. The van der Waals surface area contributed by atoms with E-state index in [-0.39, 0.29) is 17.2 Å². The largest absolute Gasteiger partial charge is 0.444 e. The van der Waals surface area contributed by atoms with Crippen molar-refractivity contribution in [2.24, 2.45) is 5.73 Å². The molecule has 1 amide bonds. The maximum Gasteiger partial charge on any atom is 0.410 e. The zero-order valence-electron chi connectivity index (χ0n) is 12.7. The number of ether oxygens (including phenoxy) is 1. The lowest BCUT2D eigenvalue weighted by molar-refractivity contribution is 0.00543. The zero-order chi connectivity index (χ0) is 14.2. The van der Waals surface area contributed by atoms with Crippen molar-refractivity contribution in [3.8, 4) is 0 Å². The van der Waals surface area contributed by atoms with Gasteiger partial charge in [0.15, 0.2) is 0 Å².